The normalized spacial score (nSPS) is 9.88. The Kier molecular flexibility index (Phi) is 2.91. The fourth-order valence-corrected chi connectivity index (χ4v) is 1.37. The molecule has 0 radical (unpaired) electrons. The van der Waals surface area contributed by atoms with Crippen molar-refractivity contribution in [1.29, 1.82) is 0 Å². The van der Waals surface area contributed by atoms with Gasteiger partial charge in [0, 0.05) is 17.8 Å². The van der Waals surface area contributed by atoms with E-state index in [0.717, 1.165) is 0 Å². The minimum Gasteiger partial charge on any atom is -0.457 e. The van der Waals surface area contributed by atoms with Crippen molar-refractivity contribution in [2.75, 3.05) is 5.73 Å². The summed E-state index contributed by atoms with van der Waals surface area (Å²) in [6, 6.07) is 12.9. The fourth-order valence-electron chi connectivity index (χ4n) is 1.37. The molecule has 0 atom stereocenters. The number of rotatable bonds is 3. The molecule has 86 valence electrons. The summed E-state index contributed by atoms with van der Waals surface area (Å²) in [6.45, 7) is 0. The molecule has 2 aromatic rings. The number of nitrogen functional groups attached to an aromatic ring is 1. The number of anilines is 1. The van der Waals surface area contributed by atoms with E-state index < -0.39 is 4.92 Å². The van der Waals surface area contributed by atoms with Crippen LogP contribution in [0.1, 0.15) is 0 Å². The molecule has 0 saturated heterocycles. The Bertz CT molecular complexity index is 555. The highest BCUT2D eigenvalue weighted by molar-refractivity contribution is 5.46. The third-order valence-electron chi connectivity index (χ3n) is 2.12. The van der Waals surface area contributed by atoms with Gasteiger partial charge < -0.3 is 10.5 Å². The average molecular weight is 230 g/mol. The number of hydrogen-bond donors (Lipinski definition) is 1. The summed E-state index contributed by atoms with van der Waals surface area (Å²) in [5.74, 6) is 0.954. The van der Waals surface area contributed by atoms with E-state index in [1.54, 1.807) is 36.4 Å². The number of nitro benzene ring substituents is 1. The lowest BCUT2D eigenvalue weighted by Crippen LogP contribution is -1.90. The van der Waals surface area contributed by atoms with Crippen LogP contribution in [0.4, 0.5) is 11.4 Å². The Hall–Kier alpha value is -2.56. The standard InChI is InChI=1S/C12H10N2O3/c13-9-3-1-5-11(7-9)17-12-6-2-4-10(8-12)14(15)16/h1-8H,13H2. The minimum atomic E-state index is -0.466. The van der Waals surface area contributed by atoms with Crippen molar-refractivity contribution in [2.24, 2.45) is 0 Å². The second-order valence-electron chi connectivity index (χ2n) is 3.43. The van der Waals surface area contributed by atoms with Crippen LogP contribution in [0.25, 0.3) is 0 Å². The number of benzene rings is 2. The molecule has 5 heteroatoms. The van der Waals surface area contributed by atoms with Crippen molar-refractivity contribution < 1.29 is 9.66 Å². The molecule has 0 aliphatic heterocycles. The summed E-state index contributed by atoms with van der Waals surface area (Å²) in [7, 11) is 0. The molecule has 0 aliphatic rings. The van der Waals surface area contributed by atoms with Crippen molar-refractivity contribution in [1.82, 2.24) is 0 Å². The monoisotopic (exact) mass is 230 g/mol. The van der Waals surface area contributed by atoms with Gasteiger partial charge in [-0.1, -0.05) is 12.1 Å². The first kappa shape index (κ1) is 10.9. The van der Waals surface area contributed by atoms with Gasteiger partial charge >= 0.3 is 0 Å². The molecule has 0 unspecified atom stereocenters. The van der Waals surface area contributed by atoms with Crippen molar-refractivity contribution in [3.63, 3.8) is 0 Å². The van der Waals surface area contributed by atoms with E-state index in [0.29, 0.717) is 17.2 Å². The van der Waals surface area contributed by atoms with E-state index in [-0.39, 0.29) is 5.69 Å². The Balaban J connectivity index is 2.24. The zero-order valence-electron chi connectivity index (χ0n) is 8.87. The van der Waals surface area contributed by atoms with Crippen molar-refractivity contribution >= 4 is 11.4 Å². The molecule has 2 rings (SSSR count). The first-order valence-corrected chi connectivity index (χ1v) is 4.93. The van der Waals surface area contributed by atoms with E-state index in [1.807, 2.05) is 0 Å². The fraction of sp³-hybridized carbons (Fsp3) is 0. The summed E-state index contributed by atoms with van der Waals surface area (Å²) < 4.78 is 5.47. The van der Waals surface area contributed by atoms with Gasteiger partial charge in [-0.25, -0.2) is 0 Å². The topological polar surface area (TPSA) is 78.4 Å². The molecule has 0 aliphatic carbocycles. The van der Waals surface area contributed by atoms with Gasteiger partial charge in [0.1, 0.15) is 11.5 Å². The smallest absolute Gasteiger partial charge is 0.273 e. The molecular weight excluding hydrogens is 220 g/mol. The van der Waals surface area contributed by atoms with E-state index in [2.05, 4.69) is 0 Å². The zero-order chi connectivity index (χ0) is 12.3. The highest BCUT2D eigenvalue weighted by atomic mass is 16.6. The molecule has 0 aromatic heterocycles. The third-order valence-corrected chi connectivity index (χ3v) is 2.12. The summed E-state index contributed by atoms with van der Waals surface area (Å²) >= 11 is 0. The number of non-ortho nitro benzene ring substituents is 1. The van der Waals surface area contributed by atoms with Gasteiger partial charge in [0.25, 0.3) is 5.69 Å². The number of nitro groups is 1. The molecule has 0 spiro atoms. The quantitative estimate of drug-likeness (QED) is 0.499. The average Bonchev–Trinajstić information content (AvgIpc) is 2.29. The molecule has 0 fully saturated rings. The van der Waals surface area contributed by atoms with Crippen molar-refractivity contribution in [2.45, 2.75) is 0 Å². The van der Waals surface area contributed by atoms with Gasteiger partial charge in [-0.3, -0.25) is 10.1 Å². The van der Waals surface area contributed by atoms with E-state index >= 15 is 0 Å². The van der Waals surface area contributed by atoms with Gasteiger partial charge in [-0.15, -0.1) is 0 Å². The lowest BCUT2D eigenvalue weighted by atomic mass is 10.3. The first-order chi connectivity index (χ1) is 8.15. The highest BCUT2D eigenvalue weighted by Crippen LogP contribution is 2.25. The minimum absolute atomic E-state index is 0.00796. The number of ether oxygens (including phenoxy) is 1. The largest absolute Gasteiger partial charge is 0.457 e. The highest BCUT2D eigenvalue weighted by Gasteiger charge is 2.06. The van der Waals surface area contributed by atoms with Gasteiger partial charge in [-0.05, 0) is 18.2 Å². The zero-order valence-corrected chi connectivity index (χ0v) is 8.87. The molecule has 2 N–H and O–H groups in total. The molecule has 0 amide bonds. The summed E-state index contributed by atoms with van der Waals surface area (Å²) in [4.78, 5) is 10.1. The maximum Gasteiger partial charge on any atom is 0.273 e. The van der Waals surface area contributed by atoms with Crippen molar-refractivity contribution in [3.8, 4) is 11.5 Å². The number of hydrogen-bond acceptors (Lipinski definition) is 4. The second kappa shape index (κ2) is 4.52. The van der Waals surface area contributed by atoms with E-state index in [9.17, 15) is 10.1 Å². The van der Waals surface area contributed by atoms with Gasteiger partial charge in [0.2, 0.25) is 0 Å². The first-order valence-electron chi connectivity index (χ1n) is 4.93. The SMILES string of the molecule is Nc1cccc(Oc2cccc([N+](=O)[O-])c2)c1. The van der Waals surface area contributed by atoms with Crippen LogP contribution in [-0.4, -0.2) is 4.92 Å². The van der Waals surface area contributed by atoms with Crippen LogP contribution in [0, 0.1) is 10.1 Å². The number of nitrogens with two attached hydrogens (primary N) is 1. The second-order valence-corrected chi connectivity index (χ2v) is 3.43. The van der Waals surface area contributed by atoms with Gasteiger partial charge in [0.15, 0.2) is 0 Å². The summed E-state index contributed by atoms with van der Waals surface area (Å²) in [5.41, 5.74) is 6.17. The maximum absolute atomic E-state index is 10.6. The Morgan fingerprint density at radius 3 is 2.35 bits per heavy atom. The predicted octanol–water partition coefficient (Wildman–Crippen LogP) is 2.97. The Morgan fingerprint density at radius 2 is 1.71 bits per heavy atom. The molecule has 5 nitrogen and oxygen atoms in total. The molecule has 0 saturated carbocycles. The van der Waals surface area contributed by atoms with Crippen LogP contribution in [0.15, 0.2) is 48.5 Å². The Morgan fingerprint density at radius 1 is 1.06 bits per heavy atom. The van der Waals surface area contributed by atoms with Crippen LogP contribution in [0.5, 0.6) is 11.5 Å². The van der Waals surface area contributed by atoms with Crippen LogP contribution >= 0.6 is 0 Å². The molecular formula is C12H10N2O3. The van der Waals surface area contributed by atoms with E-state index in [1.165, 1.54) is 12.1 Å². The molecule has 2 aromatic carbocycles. The van der Waals surface area contributed by atoms with Crippen LogP contribution in [-0.2, 0) is 0 Å². The summed E-state index contributed by atoms with van der Waals surface area (Å²) in [6.07, 6.45) is 0. The lowest BCUT2D eigenvalue weighted by Gasteiger charge is -2.05. The van der Waals surface area contributed by atoms with Gasteiger partial charge in [0.05, 0.1) is 11.0 Å². The van der Waals surface area contributed by atoms with Gasteiger partial charge in [-0.2, -0.15) is 0 Å². The lowest BCUT2D eigenvalue weighted by molar-refractivity contribution is -0.384. The van der Waals surface area contributed by atoms with Crippen LogP contribution < -0.4 is 10.5 Å². The summed E-state index contributed by atoms with van der Waals surface area (Å²) in [5, 5.41) is 10.6. The predicted molar refractivity (Wildman–Crippen MR) is 64.0 cm³/mol. The number of nitrogens with zero attached hydrogens (tertiary/aromatic N) is 1. The van der Waals surface area contributed by atoms with E-state index in [4.69, 9.17) is 10.5 Å². The Labute approximate surface area is 97.6 Å². The molecule has 17 heavy (non-hydrogen) atoms. The van der Waals surface area contributed by atoms with Crippen LogP contribution in [0.3, 0.4) is 0 Å². The maximum atomic E-state index is 10.6. The molecule has 0 heterocycles. The molecule has 0 bridgehead atoms. The third kappa shape index (κ3) is 2.72. The van der Waals surface area contributed by atoms with Crippen LogP contribution in [0.2, 0.25) is 0 Å². The van der Waals surface area contributed by atoms with Crippen molar-refractivity contribution in [3.05, 3.63) is 58.6 Å².